The summed E-state index contributed by atoms with van der Waals surface area (Å²) in [6, 6.07) is 5.23. The van der Waals surface area contributed by atoms with Crippen LogP contribution >= 0.6 is 0 Å². The van der Waals surface area contributed by atoms with E-state index >= 15 is 0 Å². The highest BCUT2D eigenvalue weighted by atomic mass is 16.5. The van der Waals surface area contributed by atoms with Crippen molar-refractivity contribution in [2.45, 2.75) is 12.5 Å². The van der Waals surface area contributed by atoms with E-state index < -0.39 is 6.04 Å². The highest BCUT2D eigenvalue weighted by molar-refractivity contribution is 5.99. The van der Waals surface area contributed by atoms with Gasteiger partial charge in [-0.25, -0.2) is 0 Å². The first-order chi connectivity index (χ1) is 7.13. The molecule has 1 atom stereocenters. The summed E-state index contributed by atoms with van der Waals surface area (Å²) in [5.41, 5.74) is 7.72. The van der Waals surface area contributed by atoms with Crippen LogP contribution in [-0.2, 0) is 11.2 Å². The average molecular weight is 206 g/mol. The number of hydrogen-bond donors (Lipinski definition) is 1. The molecule has 2 N–H and O–H groups in total. The maximum absolute atomic E-state index is 11.6. The Bertz CT molecular complexity index is 404. The third-order valence-corrected chi connectivity index (χ3v) is 2.74. The third kappa shape index (κ3) is 1.57. The highest BCUT2D eigenvalue weighted by Gasteiger charge is 2.27. The Labute approximate surface area is 88.6 Å². The Morgan fingerprint density at radius 2 is 2.27 bits per heavy atom. The highest BCUT2D eigenvalue weighted by Crippen LogP contribution is 2.29. The van der Waals surface area contributed by atoms with Crippen LogP contribution in [0.2, 0.25) is 0 Å². The minimum atomic E-state index is -0.436. The molecule has 0 aromatic heterocycles. The van der Waals surface area contributed by atoms with Crippen LogP contribution in [0.4, 0.5) is 5.69 Å². The van der Waals surface area contributed by atoms with Gasteiger partial charge < -0.3 is 15.4 Å². The molecule has 15 heavy (non-hydrogen) atoms. The molecule has 0 unspecified atom stereocenters. The van der Waals surface area contributed by atoms with E-state index in [2.05, 4.69) is 0 Å². The number of carbonyl (C=O) groups is 1. The lowest BCUT2D eigenvalue weighted by Crippen LogP contribution is -2.46. The molecule has 80 valence electrons. The lowest BCUT2D eigenvalue weighted by molar-refractivity contribution is -0.119. The smallest absolute Gasteiger partial charge is 0.243 e. The van der Waals surface area contributed by atoms with Crippen molar-refractivity contribution in [2.75, 3.05) is 19.1 Å². The first-order valence-corrected chi connectivity index (χ1v) is 4.83. The Morgan fingerprint density at radius 1 is 1.53 bits per heavy atom. The summed E-state index contributed by atoms with van der Waals surface area (Å²) in [5, 5.41) is 0. The molecule has 1 amide bonds. The number of fused-ring (bicyclic) bond motifs is 1. The zero-order chi connectivity index (χ0) is 11.0. The van der Waals surface area contributed by atoms with Crippen LogP contribution in [0.1, 0.15) is 5.56 Å². The van der Waals surface area contributed by atoms with Crippen LogP contribution in [0, 0.1) is 0 Å². The van der Waals surface area contributed by atoms with E-state index in [1.807, 2.05) is 18.2 Å². The minimum Gasteiger partial charge on any atom is -0.497 e. The number of anilines is 1. The van der Waals surface area contributed by atoms with Crippen LogP contribution in [-0.4, -0.2) is 26.1 Å². The second-order valence-electron chi connectivity index (χ2n) is 3.70. The van der Waals surface area contributed by atoms with Gasteiger partial charge in [-0.3, -0.25) is 4.79 Å². The van der Waals surface area contributed by atoms with Gasteiger partial charge >= 0.3 is 0 Å². The molecule has 1 aromatic rings. The molecule has 0 fully saturated rings. The molecule has 0 saturated carbocycles. The van der Waals surface area contributed by atoms with Crippen LogP contribution in [0.25, 0.3) is 0 Å². The minimum absolute atomic E-state index is 0.0346. The summed E-state index contributed by atoms with van der Waals surface area (Å²) >= 11 is 0. The van der Waals surface area contributed by atoms with Crippen LogP contribution in [0.3, 0.4) is 0 Å². The molecular formula is C11H14N2O2. The Kier molecular flexibility index (Phi) is 2.36. The molecule has 1 aromatic carbocycles. The first kappa shape index (κ1) is 9.98. The number of benzene rings is 1. The maximum atomic E-state index is 11.6. The van der Waals surface area contributed by atoms with E-state index in [1.54, 1.807) is 19.1 Å². The summed E-state index contributed by atoms with van der Waals surface area (Å²) in [6.07, 6.45) is 0.579. The number of methoxy groups -OCH3 is 1. The molecule has 0 spiro atoms. The van der Waals surface area contributed by atoms with Gasteiger partial charge in [-0.2, -0.15) is 0 Å². The summed E-state index contributed by atoms with van der Waals surface area (Å²) in [7, 11) is 3.37. The molecule has 2 rings (SSSR count). The molecular weight excluding hydrogens is 192 g/mol. The molecule has 4 heteroatoms. The topological polar surface area (TPSA) is 55.6 Å². The zero-order valence-corrected chi connectivity index (χ0v) is 8.86. The Hall–Kier alpha value is -1.55. The summed E-state index contributed by atoms with van der Waals surface area (Å²) in [5.74, 6) is 0.761. The fourth-order valence-electron chi connectivity index (χ4n) is 1.87. The number of nitrogens with two attached hydrogens (primary N) is 1. The van der Waals surface area contributed by atoms with Gasteiger partial charge in [-0.05, 0) is 30.2 Å². The molecule has 1 aliphatic heterocycles. The monoisotopic (exact) mass is 206 g/mol. The van der Waals surface area contributed by atoms with Gasteiger partial charge in [-0.1, -0.05) is 0 Å². The predicted molar refractivity (Wildman–Crippen MR) is 58.1 cm³/mol. The Balaban J connectivity index is 2.45. The zero-order valence-electron chi connectivity index (χ0n) is 8.86. The first-order valence-electron chi connectivity index (χ1n) is 4.83. The van der Waals surface area contributed by atoms with Crippen LogP contribution in [0.15, 0.2) is 18.2 Å². The summed E-state index contributed by atoms with van der Waals surface area (Å²) in [6.45, 7) is 0. The number of likely N-dealkylation sites (N-methyl/N-ethyl adjacent to an activating group) is 1. The number of nitrogens with zero attached hydrogens (tertiary/aromatic N) is 1. The van der Waals surface area contributed by atoms with Crippen molar-refractivity contribution in [3.63, 3.8) is 0 Å². The van der Waals surface area contributed by atoms with E-state index in [-0.39, 0.29) is 5.91 Å². The standard InChI is InChI=1S/C11H14N2O2/c1-13-10-4-3-8(15-2)5-7(10)6-9(12)11(13)14/h3-5,9H,6,12H2,1-2H3/t9-/m1/s1. The SMILES string of the molecule is COc1ccc2c(c1)C[C@@H](N)C(=O)N2C. The van der Waals surface area contributed by atoms with Crippen molar-refractivity contribution in [1.82, 2.24) is 0 Å². The number of carbonyl (C=O) groups excluding carboxylic acids is 1. The second kappa shape index (κ2) is 3.55. The lowest BCUT2D eigenvalue weighted by atomic mass is 9.98. The Morgan fingerprint density at radius 3 is 2.93 bits per heavy atom. The second-order valence-corrected chi connectivity index (χ2v) is 3.70. The van der Waals surface area contributed by atoms with Gasteiger partial charge in [0.2, 0.25) is 5.91 Å². The predicted octanol–water partition coefficient (Wildman–Crippen LogP) is 0.541. The van der Waals surface area contributed by atoms with E-state index in [4.69, 9.17) is 10.5 Å². The molecule has 0 aliphatic carbocycles. The van der Waals surface area contributed by atoms with Gasteiger partial charge in [-0.15, -0.1) is 0 Å². The van der Waals surface area contributed by atoms with E-state index in [0.717, 1.165) is 17.0 Å². The van der Waals surface area contributed by atoms with Gasteiger partial charge in [0.15, 0.2) is 0 Å². The van der Waals surface area contributed by atoms with Gasteiger partial charge in [0.1, 0.15) is 5.75 Å². The molecule has 1 aliphatic rings. The van der Waals surface area contributed by atoms with E-state index in [0.29, 0.717) is 6.42 Å². The summed E-state index contributed by atoms with van der Waals surface area (Å²) < 4.78 is 5.13. The quantitative estimate of drug-likeness (QED) is 0.729. The fourth-order valence-corrected chi connectivity index (χ4v) is 1.87. The van der Waals surface area contributed by atoms with Gasteiger partial charge in [0.05, 0.1) is 13.2 Å². The third-order valence-electron chi connectivity index (χ3n) is 2.74. The molecule has 0 saturated heterocycles. The van der Waals surface area contributed by atoms with Crippen molar-refractivity contribution >= 4 is 11.6 Å². The van der Waals surface area contributed by atoms with E-state index in [1.165, 1.54) is 0 Å². The van der Waals surface area contributed by atoms with Crippen LogP contribution in [0.5, 0.6) is 5.75 Å². The number of ether oxygens (including phenoxy) is 1. The summed E-state index contributed by atoms with van der Waals surface area (Å²) in [4.78, 5) is 13.2. The van der Waals surface area contributed by atoms with Crippen LogP contribution < -0.4 is 15.4 Å². The van der Waals surface area contributed by atoms with Crippen molar-refractivity contribution in [1.29, 1.82) is 0 Å². The molecule has 0 radical (unpaired) electrons. The number of amides is 1. The fraction of sp³-hybridized carbons (Fsp3) is 0.364. The average Bonchev–Trinajstić information content (AvgIpc) is 2.25. The van der Waals surface area contributed by atoms with Crippen molar-refractivity contribution < 1.29 is 9.53 Å². The van der Waals surface area contributed by atoms with Crippen molar-refractivity contribution in [2.24, 2.45) is 5.73 Å². The van der Waals surface area contributed by atoms with Gasteiger partial charge in [0, 0.05) is 12.7 Å². The van der Waals surface area contributed by atoms with Crippen molar-refractivity contribution in [3.05, 3.63) is 23.8 Å². The van der Waals surface area contributed by atoms with Gasteiger partial charge in [0.25, 0.3) is 0 Å². The van der Waals surface area contributed by atoms with Crippen molar-refractivity contribution in [3.8, 4) is 5.75 Å². The number of hydrogen-bond acceptors (Lipinski definition) is 3. The normalized spacial score (nSPS) is 20.1. The number of rotatable bonds is 1. The maximum Gasteiger partial charge on any atom is 0.243 e. The van der Waals surface area contributed by atoms with E-state index in [9.17, 15) is 4.79 Å². The largest absolute Gasteiger partial charge is 0.497 e. The molecule has 0 bridgehead atoms. The lowest BCUT2D eigenvalue weighted by Gasteiger charge is -2.29. The molecule has 1 heterocycles. The molecule has 4 nitrogen and oxygen atoms in total.